The Morgan fingerprint density at radius 3 is 2.26 bits per heavy atom. The Hall–Kier alpha value is -2.65. The second-order valence-corrected chi connectivity index (χ2v) is 7.26. The highest BCUT2D eigenvalue weighted by Gasteiger charge is 2.17. The first-order valence-electron chi connectivity index (χ1n) is 9.35. The molecule has 0 aliphatic rings. The molecule has 3 aromatic rings. The normalized spacial score (nSPS) is 11.7. The van der Waals surface area contributed by atoms with Gasteiger partial charge in [-0.05, 0) is 66.9 Å². The zero-order chi connectivity index (χ0) is 19.2. The predicted octanol–water partition coefficient (Wildman–Crippen LogP) is 5.94. The molecule has 3 aromatic carbocycles. The molecule has 1 atom stereocenters. The largest absolute Gasteiger partial charge is 0.352 e. The topological polar surface area (TPSA) is 24.1 Å². The van der Waals surface area contributed by atoms with Crippen molar-refractivity contribution >= 4 is 23.0 Å². The maximum atomic E-state index is 5.62. The van der Waals surface area contributed by atoms with E-state index >= 15 is 0 Å². The van der Waals surface area contributed by atoms with E-state index in [0.717, 1.165) is 12.1 Å². The zero-order valence-electron chi connectivity index (χ0n) is 16.1. The quantitative estimate of drug-likeness (QED) is 0.540. The molecule has 0 radical (unpaired) electrons. The maximum absolute atomic E-state index is 5.62. The third-order valence-corrected chi connectivity index (χ3v) is 4.98. The van der Waals surface area contributed by atoms with Crippen molar-refractivity contribution in [1.82, 2.24) is 5.32 Å². The Bertz CT molecular complexity index is 901. The van der Waals surface area contributed by atoms with Crippen molar-refractivity contribution in [1.29, 1.82) is 0 Å². The number of thiocarbonyl (C=S) groups is 1. The number of nitrogens with one attached hydrogen (secondary N) is 2. The third-order valence-electron chi connectivity index (χ3n) is 4.76. The highest BCUT2D eigenvalue weighted by Crippen LogP contribution is 2.26. The minimum atomic E-state index is 0.00159. The smallest absolute Gasteiger partial charge is 0.171 e. The monoisotopic (exact) mass is 374 g/mol. The lowest BCUT2D eigenvalue weighted by Gasteiger charge is -2.24. The van der Waals surface area contributed by atoms with E-state index in [1.807, 2.05) is 6.07 Å². The lowest BCUT2D eigenvalue weighted by Crippen LogP contribution is -2.33. The van der Waals surface area contributed by atoms with Crippen LogP contribution in [0.4, 0.5) is 5.69 Å². The Morgan fingerprint density at radius 2 is 1.63 bits per heavy atom. The van der Waals surface area contributed by atoms with Crippen LogP contribution in [-0.4, -0.2) is 5.11 Å². The summed E-state index contributed by atoms with van der Waals surface area (Å²) < 4.78 is 0. The van der Waals surface area contributed by atoms with Crippen LogP contribution in [0, 0.1) is 13.8 Å². The van der Waals surface area contributed by atoms with Gasteiger partial charge in [0.15, 0.2) is 5.11 Å². The first-order valence-corrected chi connectivity index (χ1v) is 9.76. The van der Waals surface area contributed by atoms with Crippen molar-refractivity contribution in [2.24, 2.45) is 0 Å². The molecule has 3 heteroatoms. The van der Waals surface area contributed by atoms with Crippen LogP contribution < -0.4 is 10.6 Å². The van der Waals surface area contributed by atoms with Gasteiger partial charge < -0.3 is 10.6 Å². The van der Waals surface area contributed by atoms with Gasteiger partial charge in [-0.25, -0.2) is 0 Å². The number of hydrogen-bond acceptors (Lipinski definition) is 1. The van der Waals surface area contributed by atoms with Crippen LogP contribution in [0.3, 0.4) is 0 Å². The fourth-order valence-electron chi connectivity index (χ4n) is 3.26. The summed E-state index contributed by atoms with van der Waals surface area (Å²) in [5, 5.41) is 7.44. The molecule has 3 rings (SSSR count). The summed E-state index contributed by atoms with van der Waals surface area (Å²) >= 11 is 5.62. The molecule has 0 saturated heterocycles. The van der Waals surface area contributed by atoms with Gasteiger partial charge in [0.05, 0.1) is 6.04 Å². The Balaban J connectivity index is 1.83. The third kappa shape index (κ3) is 4.95. The SMILES string of the molecule is CCc1ccc(NC(=S)N[C@H](c2ccccc2)c2ccc(C)cc2C)cc1. The van der Waals surface area contributed by atoms with Crippen LogP contribution in [0.25, 0.3) is 0 Å². The average Bonchev–Trinajstić information content (AvgIpc) is 2.68. The van der Waals surface area contributed by atoms with Crippen molar-refractivity contribution in [2.45, 2.75) is 33.2 Å². The van der Waals surface area contributed by atoms with Gasteiger partial charge in [0.1, 0.15) is 0 Å². The van der Waals surface area contributed by atoms with Gasteiger partial charge in [0, 0.05) is 5.69 Å². The zero-order valence-corrected chi connectivity index (χ0v) is 16.9. The number of benzene rings is 3. The first kappa shape index (κ1) is 19.1. The van der Waals surface area contributed by atoms with Crippen LogP contribution in [0.1, 0.15) is 40.8 Å². The van der Waals surface area contributed by atoms with E-state index in [1.165, 1.54) is 27.8 Å². The molecule has 0 unspecified atom stereocenters. The summed E-state index contributed by atoms with van der Waals surface area (Å²) in [6, 6.07) is 25.4. The van der Waals surface area contributed by atoms with E-state index in [1.54, 1.807) is 0 Å². The molecule has 0 aliphatic heterocycles. The van der Waals surface area contributed by atoms with Gasteiger partial charge in [-0.1, -0.05) is 73.2 Å². The molecule has 2 nitrogen and oxygen atoms in total. The van der Waals surface area contributed by atoms with Gasteiger partial charge in [-0.15, -0.1) is 0 Å². The number of hydrogen-bond donors (Lipinski definition) is 2. The van der Waals surface area contributed by atoms with Crippen LogP contribution >= 0.6 is 12.2 Å². The molecule has 0 bridgehead atoms. The van der Waals surface area contributed by atoms with Gasteiger partial charge in [-0.2, -0.15) is 0 Å². The van der Waals surface area contributed by atoms with Crippen molar-refractivity contribution in [3.63, 3.8) is 0 Å². The molecule has 0 heterocycles. The van der Waals surface area contributed by atoms with Crippen LogP contribution in [0.2, 0.25) is 0 Å². The molecule has 0 aromatic heterocycles. The second-order valence-electron chi connectivity index (χ2n) is 6.85. The molecule has 0 aliphatic carbocycles. The molecule has 0 spiro atoms. The van der Waals surface area contributed by atoms with E-state index in [2.05, 4.69) is 98.1 Å². The number of aryl methyl sites for hydroxylation is 3. The summed E-state index contributed by atoms with van der Waals surface area (Å²) in [7, 11) is 0. The van der Waals surface area contributed by atoms with Gasteiger partial charge in [-0.3, -0.25) is 0 Å². The summed E-state index contributed by atoms with van der Waals surface area (Å²) in [4.78, 5) is 0. The molecular formula is C24H26N2S. The maximum Gasteiger partial charge on any atom is 0.171 e. The summed E-state index contributed by atoms with van der Waals surface area (Å²) in [5.41, 5.74) is 7.26. The number of anilines is 1. The van der Waals surface area contributed by atoms with Crippen LogP contribution in [0.5, 0.6) is 0 Å². The summed E-state index contributed by atoms with van der Waals surface area (Å²) in [5.74, 6) is 0. The summed E-state index contributed by atoms with van der Waals surface area (Å²) in [6.45, 7) is 6.43. The van der Waals surface area contributed by atoms with E-state index in [-0.39, 0.29) is 6.04 Å². The van der Waals surface area contributed by atoms with Crippen molar-refractivity contribution in [3.05, 3.63) is 101 Å². The van der Waals surface area contributed by atoms with Crippen molar-refractivity contribution in [3.8, 4) is 0 Å². The van der Waals surface area contributed by atoms with E-state index in [9.17, 15) is 0 Å². The van der Waals surface area contributed by atoms with Gasteiger partial charge in [0.25, 0.3) is 0 Å². The summed E-state index contributed by atoms with van der Waals surface area (Å²) in [6.07, 6.45) is 1.03. The second kappa shape index (κ2) is 8.83. The first-order chi connectivity index (χ1) is 13.1. The van der Waals surface area contributed by atoms with Gasteiger partial charge >= 0.3 is 0 Å². The minimum absolute atomic E-state index is 0.00159. The highest BCUT2D eigenvalue weighted by atomic mass is 32.1. The molecule has 138 valence electrons. The molecule has 27 heavy (non-hydrogen) atoms. The number of rotatable bonds is 5. The van der Waals surface area contributed by atoms with Crippen LogP contribution in [0.15, 0.2) is 72.8 Å². The van der Waals surface area contributed by atoms with Crippen molar-refractivity contribution < 1.29 is 0 Å². The van der Waals surface area contributed by atoms with E-state index in [4.69, 9.17) is 12.2 Å². The van der Waals surface area contributed by atoms with E-state index in [0.29, 0.717) is 5.11 Å². The van der Waals surface area contributed by atoms with Gasteiger partial charge in [0.2, 0.25) is 0 Å². The molecule has 0 amide bonds. The van der Waals surface area contributed by atoms with Crippen molar-refractivity contribution in [2.75, 3.05) is 5.32 Å². The highest BCUT2D eigenvalue weighted by molar-refractivity contribution is 7.80. The standard InChI is InChI=1S/C24H26N2S/c1-4-19-11-13-21(14-12-19)25-24(27)26-23(20-8-6-5-7-9-20)22-15-10-17(2)16-18(22)3/h5-16,23H,4H2,1-3H3,(H2,25,26,27)/t23-/m1/s1. The van der Waals surface area contributed by atoms with E-state index < -0.39 is 0 Å². The fraction of sp³-hybridized carbons (Fsp3) is 0.208. The lowest BCUT2D eigenvalue weighted by molar-refractivity contribution is 0.762. The predicted molar refractivity (Wildman–Crippen MR) is 119 cm³/mol. The molecule has 2 N–H and O–H groups in total. The fourth-order valence-corrected chi connectivity index (χ4v) is 3.49. The molecule has 0 fully saturated rings. The molecule has 0 saturated carbocycles. The minimum Gasteiger partial charge on any atom is -0.352 e. The Labute approximate surface area is 167 Å². The molecular weight excluding hydrogens is 348 g/mol. The lowest BCUT2D eigenvalue weighted by atomic mass is 9.94. The Morgan fingerprint density at radius 1 is 0.926 bits per heavy atom. The average molecular weight is 375 g/mol. The Kier molecular flexibility index (Phi) is 6.25. The van der Waals surface area contributed by atoms with Crippen LogP contribution in [-0.2, 0) is 6.42 Å².